The predicted molar refractivity (Wildman–Crippen MR) is 119 cm³/mol. The van der Waals surface area contributed by atoms with E-state index in [1.807, 2.05) is 0 Å². The first-order valence-electron chi connectivity index (χ1n) is 9.71. The molecule has 0 spiro atoms. The minimum atomic E-state index is -3.90. The van der Waals surface area contributed by atoms with Gasteiger partial charge in [-0.2, -0.15) is 0 Å². The predicted octanol–water partition coefficient (Wildman–Crippen LogP) is 4.22. The van der Waals surface area contributed by atoms with Gasteiger partial charge in [0.25, 0.3) is 15.9 Å². The molecule has 0 aliphatic heterocycles. The topological polar surface area (TPSA) is 102 Å². The lowest BCUT2D eigenvalue weighted by Crippen LogP contribution is -2.15. The third-order valence-corrected chi connectivity index (χ3v) is 7.67. The number of sulfonamides is 1. The summed E-state index contributed by atoms with van der Waals surface area (Å²) in [7, 11) is -2.59. The van der Waals surface area contributed by atoms with Crippen LogP contribution in [0.4, 0.5) is 15.1 Å². The zero-order chi connectivity index (χ0) is 22.9. The van der Waals surface area contributed by atoms with Gasteiger partial charge in [-0.3, -0.25) is 9.52 Å². The van der Waals surface area contributed by atoms with Crippen molar-refractivity contribution < 1.29 is 27.1 Å². The molecule has 0 unspecified atom stereocenters. The zero-order valence-corrected chi connectivity index (χ0v) is 18.6. The number of benzene rings is 2. The van der Waals surface area contributed by atoms with Crippen LogP contribution in [-0.4, -0.2) is 27.4 Å². The van der Waals surface area contributed by atoms with Crippen LogP contribution in [0, 0.1) is 5.82 Å². The Morgan fingerprint density at radius 3 is 2.38 bits per heavy atom. The minimum absolute atomic E-state index is 0.0817. The van der Waals surface area contributed by atoms with Gasteiger partial charge in [0.2, 0.25) is 0 Å². The average molecular weight is 475 g/mol. The smallest absolute Gasteiger partial charge is 0.341 e. The Hall–Kier alpha value is -3.24. The Morgan fingerprint density at radius 2 is 1.72 bits per heavy atom. The summed E-state index contributed by atoms with van der Waals surface area (Å²) in [4.78, 5) is 26.0. The Kier molecular flexibility index (Phi) is 5.98. The number of rotatable bonds is 6. The molecule has 7 nitrogen and oxygen atoms in total. The number of methoxy groups -OCH3 is 1. The number of anilines is 2. The summed E-state index contributed by atoms with van der Waals surface area (Å²) >= 11 is 1.37. The molecule has 32 heavy (non-hydrogen) atoms. The second kappa shape index (κ2) is 8.71. The summed E-state index contributed by atoms with van der Waals surface area (Å²) in [5.74, 6) is -1.45. The Bertz CT molecular complexity index is 1280. The van der Waals surface area contributed by atoms with Gasteiger partial charge in [-0.05, 0) is 73.4 Å². The summed E-state index contributed by atoms with van der Waals surface area (Å²) in [6.45, 7) is 0. The molecule has 1 heterocycles. The standard InChI is InChI=1S/C22H19FN2O5S2/c1-30-22(27)19-17-3-2-4-18(17)31-21(19)24-20(26)13-5-9-15(10-6-13)25-32(28,29)16-11-7-14(23)8-12-16/h5-12,25H,2-4H2,1H3,(H,24,26). The fourth-order valence-corrected chi connectivity index (χ4v) is 5.83. The van der Waals surface area contributed by atoms with Crippen LogP contribution < -0.4 is 10.0 Å². The van der Waals surface area contributed by atoms with E-state index in [-0.39, 0.29) is 10.6 Å². The van der Waals surface area contributed by atoms with Crippen LogP contribution in [0.15, 0.2) is 53.4 Å². The highest BCUT2D eigenvalue weighted by Gasteiger charge is 2.28. The number of carbonyl (C=O) groups is 2. The maximum Gasteiger partial charge on any atom is 0.341 e. The second-order valence-corrected chi connectivity index (χ2v) is 9.93. The van der Waals surface area contributed by atoms with Crippen molar-refractivity contribution in [2.45, 2.75) is 24.2 Å². The largest absolute Gasteiger partial charge is 0.465 e. The quantitative estimate of drug-likeness (QED) is 0.521. The van der Waals surface area contributed by atoms with E-state index in [0.717, 1.165) is 54.0 Å². The van der Waals surface area contributed by atoms with E-state index < -0.39 is 27.7 Å². The van der Waals surface area contributed by atoms with E-state index in [2.05, 4.69) is 10.0 Å². The minimum Gasteiger partial charge on any atom is -0.465 e. The van der Waals surface area contributed by atoms with Gasteiger partial charge >= 0.3 is 5.97 Å². The van der Waals surface area contributed by atoms with Crippen LogP contribution >= 0.6 is 11.3 Å². The molecular formula is C22H19FN2O5S2. The van der Waals surface area contributed by atoms with Crippen LogP contribution in [0.5, 0.6) is 0 Å². The summed E-state index contributed by atoms with van der Waals surface area (Å²) < 4.78 is 45.1. The molecule has 166 valence electrons. The highest BCUT2D eigenvalue weighted by Crippen LogP contribution is 2.39. The molecule has 10 heteroatoms. The number of esters is 1. The van der Waals surface area contributed by atoms with Crippen LogP contribution in [0.1, 0.15) is 37.6 Å². The van der Waals surface area contributed by atoms with Crippen molar-refractivity contribution in [2.24, 2.45) is 0 Å². The number of nitrogens with one attached hydrogen (secondary N) is 2. The number of amides is 1. The molecule has 0 fully saturated rings. The highest BCUT2D eigenvalue weighted by molar-refractivity contribution is 7.92. The van der Waals surface area contributed by atoms with E-state index in [9.17, 15) is 22.4 Å². The van der Waals surface area contributed by atoms with Crippen molar-refractivity contribution in [3.63, 3.8) is 0 Å². The molecule has 0 bridgehead atoms. The first-order chi connectivity index (χ1) is 15.3. The molecule has 1 amide bonds. The first kappa shape index (κ1) is 22.0. The Balaban J connectivity index is 1.50. The van der Waals surface area contributed by atoms with Crippen molar-refractivity contribution in [3.05, 3.63) is 75.9 Å². The molecule has 1 aliphatic carbocycles. The van der Waals surface area contributed by atoms with Gasteiger partial charge < -0.3 is 10.1 Å². The third-order valence-electron chi connectivity index (χ3n) is 5.06. The molecular weight excluding hydrogens is 455 g/mol. The summed E-state index contributed by atoms with van der Waals surface area (Å²) in [5.41, 5.74) is 1.88. The van der Waals surface area contributed by atoms with Gasteiger partial charge in [-0.25, -0.2) is 17.6 Å². The number of halogens is 1. The molecule has 2 aromatic carbocycles. The van der Waals surface area contributed by atoms with Gasteiger partial charge in [-0.1, -0.05) is 0 Å². The lowest BCUT2D eigenvalue weighted by Gasteiger charge is -2.10. The van der Waals surface area contributed by atoms with Gasteiger partial charge in [0, 0.05) is 16.1 Å². The number of thiophene rings is 1. The summed E-state index contributed by atoms with van der Waals surface area (Å²) in [6.07, 6.45) is 2.60. The normalized spacial score (nSPS) is 12.8. The van der Waals surface area contributed by atoms with E-state index in [0.29, 0.717) is 16.1 Å². The highest BCUT2D eigenvalue weighted by atomic mass is 32.2. The van der Waals surface area contributed by atoms with Gasteiger partial charge in [0.15, 0.2) is 0 Å². The Morgan fingerprint density at radius 1 is 1.03 bits per heavy atom. The van der Waals surface area contributed by atoms with E-state index >= 15 is 0 Å². The van der Waals surface area contributed by atoms with Gasteiger partial charge in [0.1, 0.15) is 10.8 Å². The van der Waals surface area contributed by atoms with Crippen molar-refractivity contribution in [1.82, 2.24) is 0 Å². The number of carbonyl (C=O) groups excluding carboxylic acids is 2. The third kappa shape index (κ3) is 4.37. The number of fused-ring (bicyclic) bond motifs is 1. The fourth-order valence-electron chi connectivity index (χ4n) is 3.50. The van der Waals surface area contributed by atoms with Crippen molar-refractivity contribution in [3.8, 4) is 0 Å². The van der Waals surface area contributed by atoms with E-state index in [1.165, 1.54) is 42.7 Å². The molecule has 0 atom stereocenters. The van der Waals surface area contributed by atoms with Crippen molar-refractivity contribution >= 4 is 43.9 Å². The maximum atomic E-state index is 13.0. The second-order valence-electron chi connectivity index (χ2n) is 7.14. The molecule has 3 aromatic rings. The summed E-state index contributed by atoms with van der Waals surface area (Å²) in [5, 5.41) is 3.23. The lowest BCUT2D eigenvalue weighted by molar-refractivity contribution is 0.0601. The maximum absolute atomic E-state index is 13.0. The average Bonchev–Trinajstić information content (AvgIpc) is 3.34. The van der Waals surface area contributed by atoms with Gasteiger partial charge in [-0.15, -0.1) is 11.3 Å². The van der Waals surface area contributed by atoms with E-state index in [1.54, 1.807) is 0 Å². The molecule has 2 N–H and O–H groups in total. The zero-order valence-electron chi connectivity index (χ0n) is 17.0. The molecule has 0 saturated carbocycles. The monoisotopic (exact) mass is 474 g/mol. The lowest BCUT2D eigenvalue weighted by atomic mass is 10.1. The Labute approximate surface area is 188 Å². The van der Waals surface area contributed by atoms with Crippen LogP contribution in [0.25, 0.3) is 0 Å². The van der Waals surface area contributed by atoms with Crippen molar-refractivity contribution in [1.29, 1.82) is 0 Å². The van der Waals surface area contributed by atoms with Crippen LogP contribution in [-0.2, 0) is 27.6 Å². The fraction of sp³-hybridized carbons (Fsp3) is 0.182. The molecule has 0 saturated heterocycles. The summed E-state index contributed by atoms with van der Waals surface area (Å²) in [6, 6.07) is 10.3. The van der Waals surface area contributed by atoms with Crippen molar-refractivity contribution in [2.75, 3.05) is 17.1 Å². The van der Waals surface area contributed by atoms with Crippen LogP contribution in [0.3, 0.4) is 0 Å². The molecule has 0 radical (unpaired) electrons. The number of ether oxygens (including phenoxy) is 1. The first-order valence-corrected chi connectivity index (χ1v) is 12.0. The SMILES string of the molecule is COC(=O)c1c(NC(=O)c2ccc(NS(=O)(=O)c3ccc(F)cc3)cc2)sc2c1CCC2. The number of hydrogen-bond donors (Lipinski definition) is 2. The number of aryl methyl sites for hydroxylation is 1. The van der Waals surface area contributed by atoms with Crippen LogP contribution in [0.2, 0.25) is 0 Å². The number of hydrogen-bond acceptors (Lipinski definition) is 6. The van der Waals surface area contributed by atoms with Gasteiger partial charge in [0.05, 0.1) is 17.6 Å². The molecule has 1 aliphatic rings. The molecule has 1 aromatic heterocycles. The molecule has 4 rings (SSSR count). The van der Waals surface area contributed by atoms with E-state index in [4.69, 9.17) is 4.74 Å².